The van der Waals surface area contributed by atoms with E-state index < -0.39 is 5.59 Å². The first-order valence-corrected chi connectivity index (χ1v) is 3.71. The van der Waals surface area contributed by atoms with Crippen LogP contribution in [-0.4, -0.2) is 21.3 Å². The lowest BCUT2D eigenvalue weighted by Gasteiger charge is -2.00. The molecule has 1 aromatic rings. The van der Waals surface area contributed by atoms with Gasteiger partial charge in [-0.25, -0.2) is 0 Å². The Balaban J connectivity index is 0.00000121. The van der Waals surface area contributed by atoms with Gasteiger partial charge in [0.15, 0.2) is 10.2 Å². The molecule has 0 saturated carbocycles. The van der Waals surface area contributed by atoms with E-state index in [0.29, 0.717) is 6.61 Å². The van der Waals surface area contributed by atoms with Crippen molar-refractivity contribution in [1.29, 1.82) is 0 Å². The molecule has 0 aliphatic heterocycles. The van der Waals surface area contributed by atoms with E-state index in [2.05, 4.69) is 10.2 Å². The van der Waals surface area contributed by atoms with Crippen molar-refractivity contribution in [2.75, 3.05) is 0 Å². The van der Waals surface area contributed by atoms with Crippen LogP contribution in [-0.2, 0) is 11.3 Å². The second-order valence-electron chi connectivity index (χ2n) is 2.06. The number of rotatable bonds is 2. The Labute approximate surface area is 74.1 Å². The number of ether oxygens (including phenoxy) is 1. The summed E-state index contributed by atoms with van der Waals surface area (Å²) in [7, 11) is 2.72. The number of carbonyl (C=O) groups is 1. The average Bonchev–Trinajstić information content (AvgIpc) is 2.03. The maximum Gasteiger partial charge on any atom is 0.264 e. The quantitative estimate of drug-likeness (QED) is 0.629. The average molecular weight is 181 g/mol. The lowest BCUT2D eigenvalue weighted by atomic mass is 10.2. The smallest absolute Gasteiger partial charge is 0.264 e. The molecule has 0 aromatic heterocycles. The van der Waals surface area contributed by atoms with Crippen molar-refractivity contribution in [2.24, 2.45) is 0 Å². The van der Waals surface area contributed by atoms with Crippen LogP contribution in [0.5, 0.6) is 0 Å². The van der Waals surface area contributed by atoms with Crippen LogP contribution in [0.15, 0.2) is 30.3 Å². The minimum Gasteiger partial charge on any atom is -0.466 e. The third-order valence-corrected chi connectivity index (χ3v) is 1.36. The van der Waals surface area contributed by atoms with Crippen molar-refractivity contribution in [3.63, 3.8) is 0 Å². The molecule has 0 bridgehead atoms. The molecule has 0 amide bonds. The topological polar surface area (TPSA) is 57.8 Å². The van der Waals surface area contributed by atoms with Gasteiger partial charge in [-0.2, -0.15) is 0 Å². The molecule has 0 atom stereocenters. The predicted octanol–water partition coefficient (Wildman–Crippen LogP) is 0.667. The Morgan fingerprint density at radius 3 is 2.42 bits per heavy atom. The van der Waals surface area contributed by atoms with E-state index in [-0.39, 0.29) is 5.48 Å². The van der Waals surface area contributed by atoms with Gasteiger partial charge in [0, 0.05) is 0 Å². The first kappa shape index (κ1) is 10.9. The summed E-state index contributed by atoms with van der Waals surface area (Å²) in [4.78, 5) is 10.3. The monoisotopic (exact) mass is 181 g/mol. The molecular formula is C8H9O3Si. The van der Waals surface area contributed by atoms with Gasteiger partial charge in [0.1, 0.15) is 6.61 Å². The van der Waals surface area contributed by atoms with Gasteiger partial charge >= 0.3 is 0 Å². The Hall–Kier alpha value is -1.13. The highest BCUT2D eigenvalue weighted by atomic mass is 28.1. The Bertz CT molecular complexity index is 235. The molecule has 0 aliphatic rings. The fraction of sp³-hybridized carbons (Fsp3) is 0.125. The van der Waals surface area contributed by atoms with Gasteiger partial charge in [-0.1, -0.05) is 30.3 Å². The van der Waals surface area contributed by atoms with Crippen molar-refractivity contribution >= 4 is 15.8 Å². The standard InChI is InChI=1S/C8H7O2Si.H2O/c9-8(11)10-6-7-4-2-1-3-5-7;/h1-5H,6H2;1H2. The van der Waals surface area contributed by atoms with Gasteiger partial charge in [0.05, 0.1) is 0 Å². The number of hydrogen-bond acceptors (Lipinski definition) is 2. The van der Waals surface area contributed by atoms with Crippen LogP contribution in [0.3, 0.4) is 0 Å². The SMILES string of the molecule is O.O=C([Si])OCc1ccccc1. The highest BCUT2D eigenvalue weighted by Gasteiger charge is 1.93. The Morgan fingerprint density at radius 1 is 1.33 bits per heavy atom. The largest absolute Gasteiger partial charge is 0.466 e. The first-order chi connectivity index (χ1) is 5.29. The molecule has 0 spiro atoms. The molecule has 63 valence electrons. The van der Waals surface area contributed by atoms with E-state index in [1.54, 1.807) is 0 Å². The lowest BCUT2D eigenvalue weighted by Crippen LogP contribution is -2.00. The summed E-state index contributed by atoms with van der Waals surface area (Å²) in [5.41, 5.74) is 0.549. The minimum atomic E-state index is -0.436. The van der Waals surface area contributed by atoms with Crippen LogP contribution in [0.1, 0.15) is 5.56 Å². The highest BCUT2D eigenvalue weighted by molar-refractivity contribution is 6.55. The molecule has 0 fully saturated rings. The summed E-state index contributed by atoms with van der Waals surface area (Å²) in [5.74, 6) is 0. The number of carbonyl (C=O) groups excluding carboxylic acids is 1. The molecule has 1 rings (SSSR count). The second-order valence-corrected chi connectivity index (χ2v) is 2.47. The van der Waals surface area contributed by atoms with Crippen molar-refractivity contribution in [1.82, 2.24) is 0 Å². The van der Waals surface area contributed by atoms with Crippen LogP contribution in [0.4, 0.5) is 4.79 Å². The molecule has 2 N–H and O–H groups in total. The van der Waals surface area contributed by atoms with Crippen molar-refractivity contribution in [3.05, 3.63) is 35.9 Å². The number of benzene rings is 1. The molecule has 12 heavy (non-hydrogen) atoms. The van der Waals surface area contributed by atoms with E-state index in [0.717, 1.165) is 5.56 Å². The molecule has 4 heteroatoms. The maximum absolute atomic E-state index is 10.3. The third kappa shape index (κ3) is 3.90. The maximum atomic E-state index is 10.3. The van der Waals surface area contributed by atoms with Crippen LogP contribution in [0.2, 0.25) is 0 Å². The van der Waals surface area contributed by atoms with Crippen LogP contribution in [0.25, 0.3) is 0 Å². The fourth-order valence-corrected chi connectivity index (χ4v) is 0.795. The van der Waals surface area contributed by atoms with E-state index in [4.69, 9.17) is 4.74 Å². The normalized spacial score (nSPS) is 8.42. The van der Waals surface area contributed by atoms with Crippen molar-refractivity contribution in [2.45, 2.75) is 6.61 Å². The summed E-state index contributed by atoms with van der Waals surface area (Å²) in [6, 6.07) is 9.51. The first-order valence-electron chi connectivity index (χ1n) is 3.21. The summed E-state index contributed by atoms with van der Waals surface area (Å²) in [5, 5.41) is 0. The van der Waals surface area contributed by atoms with E-state index in [1.165, 1.54) is 0 Å². The van der Waals surface area contributed by atoms with E-state index >= 15 is 0 Å². The van der Waals surface area contributed by atoms with E-state index in [9.17, 15) is 4.79 Å². The predicted molar refractivity (Wildman–Crippen MR) is 46.0 cm³/mol. The van der Waals surface area contributed by atoms with Crippen molar-refractivity contribution < 1.29 is 15.0 Å². The molecule has 0 aliphatic carbocycles. The highest BCUT2D eigenvalue weighted by Crippen LogP contribution is 1.99. The van der Waals surface area contributed by atoms with Gasteiger partial charge < -0.3 is 10.2 Å². The van der Waals surface area contributed by atoms with Crippen LogP contribution < -0.4 is 0 Å². The molecule has 3 nitrogen and oxygen atoms in total. The molecular weight excluding hydrogens is 172 g/mol. The zero-order valence-electron chi connectivity index (χ0n) is 6.41. The van der Waals surface area contributed by atoms with E-state index in [1.807, 2.05) is 30.3 Å². The van der Waals surface area contributed by atoms with Gasteiger partial charge in [0.2, 0.25) is 0 Å². The third-order valence-electron chi connectivity index (χ3n) is 1.21. The summed E-state index contributed by atoms with van der Waals surface area (Å²) >= 11 is 0. The molecule has 1 aromatic carbocycles. The second kappa shape index (κ2) is 5.51. The zero-order valence-corrected chi connectivity index (χ0v) is 7.41. The Kier molecular flexibility index (Phi) is 4.99. The van der Waals surface area contributed by atoms with Gasteiger partial charge in [-0.15, -0.1) is 0 Å². The zero-order chi connectivity index (χ0) is 8.10. The molecule has 0 heterocycles. The van der Waals surface area contributed by atoms with Gasteiger partial charge in [-0.3, -0.25) is 4.79 Å². The van der Waals surface area contributed by atoms with Crippen LogP contribution >= 0.6 is 0 Å². The molecule has 3 radical (unpaired) electrons. The lowest BCUT2D eigenvalue weighted by molar-refractivity contribution is 0.167. The summed E-state index contributed by atoms with van der Waals surface area (Å²) in [6.45, 7) is 0.323. The van der Waals surface area contributed by atoms with Crippen molar-refractivity contribution in [3.8, 4) is 0 Å². The summed E-state index contributed by atoms with van der Waals surface area (Å²) < 4.78 is 4.70. The van der Waals surface area contributed by atoms with Gasteiger partial charge in [0.25, 0.3) is 5.59 Å². The molecule has 0 saturated heterocycles. The fourth-order valence-electron chi connectivity index (χ4n) is 0.723. The minimum absolute atomic E-state index is 0. The van der Waals surface area contributed by atoms with Crippen LogP contribution in [0, 0.1) is 0 Å². The summed E-state index contributed by atoms with van der Waals surface area (Å²) in [6.07, 6.45) is 0. The molecule has 0 unspecified atom stereocenters. The number of hydrogen-bond donors (Lipinski definition) is 0. The van der Waals surface area contributed by atoms with Gasteiger partial charge in [-0.05, 0) is 5.56 Å². The Morgan fingerprint density at radius 2 is 1.92 bits per heavy atom.